The predicted molar refractivity (Wildman–Crippen MR) is 116 cm³/mol. The van der Waals surface area contributed by atoms with Crippen molar-refractivity contribution in [1.29, 1.82) is 0 Å². The third-order valence-corrected chi connectivity index (χ3v) is 5.72. The molecule has 0 saturated carbocycles. The molecule has 0 aliphatic rings. The normalized spacial score (nSPS) is 12.3. The number of anilines is 1. The second-order valence-electron chi connectivity index (χ2n) is 6.88. The van der Waals surface area contributed by atoms with Crippen molar-refractivity contribution < 1.29 is 4.39 Å². The summed E-state index contributed by atoms with van der Waals surface area (Å²) in [7, 11) is 0. The molecule has 0 aliphatic carbocycles. The Balaban J connectivity index is 1.70. The third kappa shape index (κ3) is 3.11. The van der Waals surface area contributed by atoms with Crippen LogP contribution in [0.5, 0.6) is 0 Å². The van der Waals surface area contributed by atoms with Gasteiger partial charge in [-0.3, -0.25) is 9.20 Å². The smallest absolute Gasteiger partial charge is 0.263 e. The van der Waals surface area contributed by atoms with Crippen molar-refractivity contribution in [3.8, 4) is 11.1 Å². The number of fused-ring (bicyclic) bond motifs is 2. The molecule has 0 radical (unpaired) electrons. The van der Waals surface area contributed by atoms with Crippen LogP contribution in [0.3, 0.4) is 0 Å². The fraction of sp³-hybridized carbons (Fsp3) is 0.0909. The van der Waals surface area contributed by atoms with E-state index in [1.165, 1.54) is 34.3 Å². The summed E-state index contributed by atoms with van der Waals surface area (Å²) in [5.41, 5.74) is 4.83. The van der Waals surface area contributed by atoms with Crippen LogP contribution >= 0.6 is 11.3 Å². The van der Waals surface area contributed by atoms with Crippen LogP contribution in [0.4, 0.5) is 10.2 Å². The molecule has 1 unspecified atom stereocenters. The van der Waals surface area contributed by atoms with Crippen LogP contribution in [-0.2, 0) is 0 Å². The number of thiazole rings is 1. The van der Waals surface area contributed by atoms with E-state index in [1.807, 2.05) is 43.3 Å². The molecule has 4 aromatic heterocycles. The summed E-state index contributed by atoms with van der Waals surface area (Å²) in [6.45, 7) is 1.96. The van der Waals surface area contributed by atoms with E-state index < -0.39 is 5.82 Å². The number of hydrogen-bond acceptors (Lipinski definition) is 6. The molecule has 1 atom stereocenters. The number of nitrogens with zero attached hydrogens (tertiary/aromatic N) is 4. The number of halogens is 1. The molecule has 1 N–H and O–H groups in total. The van der Waals surface area contributed by atoms with Gasteiger partial charge in [0.25, 0.3) is 5.56 Å². The standard InChI is InChI=1S/C22H16FN5OS/c1-13(27-20-19-21(25-11-24-20)30-12-26-19)17-9-16-8-7-15(23)10-28(16)22(29)18(17)14-5-3-2-4-6-14/h2-13H,1H3,(H,24,25,27). The van der Waals surface area contributed by atoms with Gasteiger partial charge in [0.2, 0.25) is 0 Å². The fourth-order valence-electron chi connectivity index (χ4n) is 3.57. The van der Waals surface area contributed by atoms with E-state index in [9.17, 15) is 9.18 Å². The van der Waals surface area contributed by atoms with Gasteiger partial charge in [0.15, 0.2) is 5.82 Å². The number of rotatable bonds is 4. The van der Waals surface area contributed by atoms with Gasteiger partial charge in [0, 0.05) is 11.7 Å². The zero-order chi connectivity index (χ0) is 20.7. The van der Waals surface area contributed by atoms with E-state index >= 15 is 0 Å². The van der Waals surface area contributed by atoms with Gasteiger partial charge < -0.3 is 5.32 Å². The van der Waals surface area contributed by atoms with Crippen LogP contribution in [-0.4, -0.2) is 19.4 Å². The van der Waals surface area contributed by atoms with Crippen molar-refractivity contribution in [3.05, 3.63) is 88.3 Å². The second kappa shape index (κ2) is 7.31. The van der Waals surface area contributed by atoms with Crippen molar-refractivity contribution in [3.63, 3.8) is 0 Å². The highest BCUT2D eigenvalue weighted by atomic mass is 32.1. The highest BCUT2D eigenvalue weighted by molar-refractivity contribution is 7.16. The Bertz CT molecular complexity index is 1430. The van der Waals surface area contributed by atoms with Crippen LogP contribution in [0.2, 0.25) is 0 Å². The predicted octanol–water partition coefficient (Wildman–Crippen LogP) is 4.68. The molecule has 5 aromatic rings. The summed E-state index contributed by atoms with van der Waals surface area (Å²) in [6, 6.07) is 14.0. The first kappa shape index (κ1) is 18.4. The van der Waals surface area contributed by atoms with E-state index in [0.29, 0.717) is 22.4 Å². The molecule has 148 valence electrons. The summed E-state index contributed by atoms with van der Waals surface area (Å²) >= 11 is 1.44. The summed E-state index contributed by atoms with van der Waals surface area (Å²) in [5, 5.41) is 3.37. The van der Waals surface area contributed by atoms with Crippen LogP contribution in [0.1, 0.15) is 18.5 Å². The van der Waals surface area contributed by atoms with Crippen LogP contribution in [0, 0.1) is 5.82 Å². The lowest BCUT2D eigenvalue weighted by molar-refractivity contribution is 0.618. The highest BCUT2D eigenvalue weighted by Crippen LogP contribution is 2.30. The van der Waals surface area contributed by atoms with Gasteiger partial charge in [-0.2, -0.15) is 0 Å². The minimum Gasteiger partial charge on any atom is -0.362 e. The maximum Gasteiger partial charge on any atom is 0.263 e. The van der Waals surface area contributed by atoms with Crippen molar-refractivity contribution >= 4 is 33.0 Å². The molecule has 0 fully saturated rings. The molecule has 0 aliphatic heterocycles. The topological polar surface area (TPSA) is 72.2 Å². The molecule has 0 bridgehead atoms. The molecular weight excluding hydrogens is 401 g/mol. The third-order valence-electron chi connectivity index (χ3n) is 4.99. The van der Waals surface area contributed by atoms with Crippen LogP contribution < -0.4 is 10.9 Å². The lowest BCUT2D eigenvalue weighted by Gasteiger charge is -2.20. The van der Waals surface area contributed by atoms with Crippen molar-refractivity contribution in [2.75, 3.05) is 5.32 Å². The van der Waals surface area contributed by atoms with Crippen LogP contribution in [0.15, 0.2) is 71.4 Å². The van der Waals surface area contributed by atoms with Gasteiger partial charge in [-0.05, 0) is 36.2 Å². The van der Waals surface area contributed by atoms with E-state index in [1.54, 1.807) is 11.6 Å². The Hall–Kier alpha value is -3.65. The molecule has 1 aromatic carbocycles. The first-order valence-electron chi connectivity index (χ1n) is 9.33. The molecule has 8 heteroatoms. The first-order chi connectivity index (χ1) is 14.6. The Kier molecular flexibility index (Phi) is 4.48. The Labute approximate surface area is 174 Å². The van der Waals surface area contributed by atoms with Gasteiger partial charge in [0.1, 0.15) is 22.5 Å². The molecule has 0 amide bonds. The lowest BCUT2D eigenvalue weighted by atomic mass is 9.96. The quantitative estimate of drug-likeness (QED) is 0.460. The number of aromatic nitrogens is 4. The van der Waals surface area contributed by atoms with E-state index in [0.717, 1.165) is 16.0 Å². The molecule has 0 spiro atoms. The minimum absolute atomic E-state index is 0.261. The maximum atomic E-state index is 13.8. The molecule has 30 heavy (non-hydrogen) atoms. The molecular formula is C22H16FN5OS. The summed E-state index contributed by atoms with van der Waals surface area (Å²) < 4.78 is 15.2. The van der Waals surface area contributed by atoms with E-state index in [4.69, 9.17) is 0 Å². The summed E-state index contributed by atoms with van der Waals surface area (Å²) in [4.78, 5) is 27.1. The van der Waals surface area contributed by atoms with Gasteiger partial charge in [-0.15, -0.1) is 11.3 Å². The SMILES string of the molecule is CC(Nc1ncnc2scnc12)c1cc2ccc(F)cn2c(=O)c1-c1ccccc1. The van der Waals surface area contributed by atoms with Crippen molar-refractivity contribution in [2.24, 2.45) is 0 Å². The van der Waals surface area contributed by atoms with Crippen molar-refractivity contribution in [2.45, 2.75) is 13.0 Å². The first-order valence-corrected chi connectivity index (χ1v) is 10.2. The Morgan fingerprint density at radius 3 is 2.77 bits per heavy atom. The number of nitrogens with one attached hydrogen (secondary N) is 1. The minimum atomic E-state index is -0.463. The average molecular weight is 417 g/mol. The Morgan fingerprint density at radius 2 is 1.93 bits per heavy atom. The van der Waals surface area contributed by atoms with E-state index in [-0.39, 0.29) is 11.6 Å². The zero-order valence-electron chi connectivity index (χ0n) is 15.9. The fourth-order valence-corrected chi connectivity index (χ4v) is 4.20. The largest absolute Gasteiger partial charge is 0.362 e. The molecule has 0 saturated heterocycles. The van der Waals surface area contributed by atoms with Crippen molar-refractivity contribution in [1.82, 2.24) is 19.4 Å². The average Bonchev–Trinajstić information content (AvgIpc) is 3.24. The number of benzene rings is 1. The van der Waals surface area contributed by atoms with Gasteiger partial charge in [0.05, 0.1) is 17.1 Å². The zero-order valence-corrected chi connectivity index (χ0v) is 16.7. The maximum absolute atomic E-state index is 13.8. The molecule has 6 nitrogen and oxygen atoms in total. The molecule has 5 rings (SSSR count). The lowest BCUT2D eigenvalue weighted by Crippen LogP contribution is -2.21. The highest BCUT2D eigenvalue weighted by Gasteiger charge is 2.19. The van der Waals surface area contributed by atoms with Crippen LogP contribution in [0.25, 0.3) is 27.0 Å². The van der Waals surface area contributed by atoms with Gasteiger partial charge in [-0.1, -0.05) is 30.3 Å². The second-order valence-corrected chi connectivity index (χ2v) is 7.72. The number of pyridine rings is 2. The summed E-state index contributed by atoms with van der Waals surface area (Å²) in [6.07, 6.45) is 2.71. The van der Waals surface area contributed by atoms with Gasteiger partial charge in [-0.25, -0.2) is 19.3 Å². The Morgan fingerprint density at radius 1 is 1.10 bits per heavy atom. The van der Waals surface area contributed by atoms with Gasteiger partial charge >= 0.3 is 0 Å². The summed E-state index contributed by atoms with van der Waals surface area (Å²) in [5.74, 6) is 0.140. The molecule has 4 heterocycles. The number of hydrogen-bond donors (Lipinski definition) is 1. The van der Waals surface area contributed by atoms with E-state index in [2.05, 4.69) is 20.3 Å². The monoisotopic (exact) mass is 417 g/mol.